The van der Waals surface area contributed by atoms with Gasteiger partial charge in [-0.1, -0.05) is 11.6 Å². The SMILES string of the molecule is Cc1cc2nc(-c3ccc(O)c(Cl)c3)[nH]c2cc1C. The number of phenols is 1. The summed E-state index contributed by atoms with van der Waals surface area (Å²) < 4.78 is 0. The molecule has 1 aromatic heterocycles. The molecular weight excluding hydrogens is 260 g/mol. The van der Waals surface area contributed by atoms with E-state index in [4.69, 9.17) is 11.6 Å². The Bertz CT molecular complexity index is 738. The van der Waals surface area contributed by atoms with Crippen molar-refractivity contribution < 1.29 is 5.11 Å². The fourth-order valence-corrected chi connectivity index (χ4v) is 2.24. The van der Waals surface area contributed by atoms with E-state index in [-0.39, 0.29) is 5.75 Å². The fraction of sp³-hybridized carbons (Fsp3) is 0.133. The van der Waals surface area contributed by atoms with Gasteiger partial charge in [0.25, 0.3) is 0 Å². The second kappa shape index (κ2) is 4.28. The molecule has 0 atom stereocenters. The number of H-pyrrole nitrogens is 1. The first-order valence-electron chi connectivity index (χ1n) is 6.00. The van der Waals surface area contributed by atoms with E-state index < -0.39 is 0 Å². The number of benzene rings is 2. The van der Waals surface area contributed by atoms with Gasteiger partial charge in [-0.15, -0.1) is 0 Å². The molecule has 0 saturated heterocycles. The number of fused-ring (bicyclic) bond motifs is 1. The smallest absolute Gasteiger partial charge is 0.138 e. The second-order valence-corrected chi connectivity index (χ2v) is 5.11. The van der Waals surface area contributed by atoms with Crippen molar-refractivity contribution in [2.75, 3.05) is 0 Å². The minimum absolute atomic E-state index is 0.0771. The summed E-state index contributed by atoms with van der Waals surface area (Å²) >= 11 is 5.92. The third kappa shape index (κ3) is 2.06. The van der Waals surface area contributed by atoms with Crippen LogP contribution in [0.15, 0.2) is 30.3 Å². The Balaban J connectivity index is 2.17. The van der Waals surface area contributed by atoms with E-state index in [0.717, 1.165) is 22.4 Å². The number of aromatic amines is 1. The predicted octanol–water partition coefficient (Wildman–Crippen LogP) is 4.21. The summed E-state index contributed by atoms with van der Waals surface area (Å²) in [5, 5.41) is 9.77. The highest BCUT2D eigenvalue weighted by Gasteiger charge is 2.08. The highest BCUT2D eigenvalue weighted by molar-refractivity contribution is 6.32. The summed E-state index contributed by atoms with van der Waals surface area (Å²) in [4.78, 5) is 7.84. The van der Waals surface area contributed by atoms with Crippen LogP contribution in [-0.2, 0) is 0 Å². The first kappa shape index (κ1) is 12.1. The van der Waals surface area contributed by atoms with Crippen LogP contribution in [0, 0.1) is 13.8 Å². The second-order valence-electron chi connectivity index (χ2n) is 4.71. The van der Waals surface area contributed by atoms with Crippen molar-refractivity contribution in [2.45, 2.75) is 13.8 Å². The number of hydrogen-bond donors (Lipinski definition) is 2. The molecule has 0 aliphatic rings. The Labute approximate surface area is 115 Å². The van der Waals surface area contributed by atoms with Crippen molar-refractivity contribution in [3.05, 3.63) is 46.5 Å². The Morgan fingerprint density at radius 3 is 2.58 bits per heavy atom. The maximum Gasteiger partial charge on any atom is 0.138 e. The van der Waals surface area contributed by atoms with Gasteiger partial charge in [-0.2, -0.15) is 0 Å². The number of nitrogens with zero attached hydrogens (tertiary/aromatic N) is 1. The summed E-state index contributed by atoms with van der Waals surface area (Å²) in [6, 6.07) is 9.21. The molecule has 0 radical (unpaired) electrons. The normalized spacial score (nSPS) is 11.1. The van der Waals surface area contributed by atoms with Gasteiger partial charge in [0.15, 0.2) is 0 Å². The lowest BCUT2D eigenvalue weighted by Crippen LogP contribution is -1.80. The van der Waals surface area contributed by atoms with Gasteiger partial charge >= 0.3 is 0 Å². The molecule has 0 spiro atoms. The maximum absolute atomic E-state index is 9.44. The number of aromatic hydroxyl groups is 1. The van der Waals surface area contributed by atoms with Crippen LogP contribution >= 0.6 is 11.6 Å². The number of nitrogens with one attached hydrogen (secondary N) is 1. The third-order valence-corrected chi connectivity index (χ3v) is 3.62. The van der Waals surface area contributed by atoms with Crippen LogP contribution < -0.4 is 0 Å². The van der Waals surface area contributed by atoms with Gasteiger partial charge in [0.1, 0.15) is 11.6 Å². The van der Waals surface area contributed by atoms with Gasteiger partial charge in [0.05, 0.1) is 16.1 Å². The van der Waals surface area contributed by atoms with Gasteiger partial charge in [-0.25, -0.2) is 4.98 Å². The molecule has 0 amide bonds. The summed E-state index contributed by atoms with van der Waals surface area (Å²) in [6.45, 7) is 4.15. The van der Waals surface area contributed by atoms with E-state index in [1.54, 1.807) is 18.2 Å². The number of aromatic nitrogens is 2. The highest BCUT2D eigenvalue weighted by Crippen LogP contribution is 2.29. The molecule has 96 valence electrons. The molecule has 3 rings (SSSR count). The van der Waals surface area contributed by atoms with Crippen LogP contribution in [0.1, 0.15) is 11.1 Å². The molecule has 0 aliphatic carbocycles. The molecule has 0 aliphatic heterocycles. The van der Waals surface area contributed by atoms with Crippen LogP contribution in [0.2, 0.25) is 5.02 Å². The Morgan fingerprint density at radius 2 is 1.84 bits per heavy atom. The summed E-state index contributed by atoms with van der Waals surface area (Å²) in [5.74, 6) is 0.829. The lowest BCUT2D eigenvalue weighted by Gasteiger charge is -1.99. The largest absolute Gasteiger partial charge is 0.506 e. The van der Waals surface area contributed by atoms with E-state index in [0.29, 0.717) is 5.02 Å². The molecule has 19 heavy (non-hydrogen) atoms. The topological polar surface area (TPSA) is 48.9 Å². The quantitative estimate of drug-likeness (QED) is 0.697. The average Bonchev–Trinajstić information content (AvgIpc) is 2.76. The lowest BCUT2D eigenvalue weighted by atomic mass is 10.1. The molecule has 2 aromatic carbocycles. The Kier molecular flexibility index (Phi) is 2.72. The van der Waals surface area contributed by atoms with E-state index in [1.165, 1.54) is 11.1 Å². The maximum atomic E-state index is 9.44. The first-order chi connectivity index (χ1) is 9.04. The standard InChI is InChI=1S/C15H13ClN2O/c1-8-5-12-13(6-9(8)2)18-15(17-12)10-3-4-14(19)11(16)7-10/h3-7,19H,1-2H3,(H,17,18). The Hall–Kier alpha value is -2.00. The van der Waals surface area contributed by atoms with Crippen LogP contribution in [0.3, 0.4) is 0 Å². The molecule has 0 fully saturated rings. The number of imidazole rings is 1. The molecule has 3 aromatic rings. The average molecular weight is 273 g/mol. The molecule has 4 heteroatoms. The summed E-state index contributed by atoms with van der Waals surface area (Å²) in [5.41, 5.74) is 5.24. The van der Waals surface area contributed by atoms with Gasteiger partial charge < -0.3 is 10.1 Å². The zero-order valence-electron chi connectivity index (χ0n) is 10.7. The first-order valence-corrected chi connectivity index (χ1v) is 6.38. The van der Waals surface area contributed by atoms with Crippen molar-refractivity contribution in [3.8, 4) is 17.1 Å². The van der Waals surface area contributed by atoms with E-state index in [1.807, 2.05) is 0 Å². The minimum Gasteiger partial charge on any atom is -0.506 e. The van der Waals surface area contributed by atoms with E-state index >= 15 is 0 Å². The zero-order valence-corrected chi connectivity index (χ0v) is 11.4. The van der Waals surface area contributed by atoms with Crippen molar-refractivity contribution in [1.29, 1.82) is 0 Å². The van der Waals surface area contributed by atoms with E-state index in [9.17, 15) is 5.11 Å². The fourth-order valence-electron chi connectivity index (χ4n) is 2.06. The molecular formula is C15H13ClN2O. The molecule has 0 unspecified atom stereocenters. The van der Waals surface area contributed by atoms with Gasteiger partial charge in [-0.05, 0) is 55.3 Å². The molecule has 0 bridgehead atoms. The highest BCUT2D eigenvalue weighted by atomic mass is 35.5. The van der Waals surface area contributed by atoms with Crippen molar-refractivity contribution >= 4 is 22.6 Å². The van der Waals surface area contributed by atoms with Crippen LogP contribution in [0.4, 0.5) is 0 Å². The lowest BCUT2D eigenvalue weighted by molar-refractivity contribution is 0.475. The molecule has 3 nitrogen and oxygen atoms in total. The van der Waals surface area contributed by atoms with Crippen molar-refractivity contribution in [1.82, 2.24) is 9.97 Å². The minimum atomic E-state index is 0.0771. The van der Waals surface area contributed by atoms with Gasteiger partial charge in [-0.3, -0.25) is 0 Å². The number of hydrogen-bond acceptors (Lipinski definition) is 2. The van der Waals surface area contributed by atoms with E-state index in [2.05, 4.69) is 35.9 Å². The van der Waals surface area contributed by atoms with Crippen molar-refractivity contribution in [2.24, 2.45) is 0 Å². The van der Waals surface area contributed by atoms with Crippen LogP contribution in [-0.4, -0.2) is 15.1 Å². The Morgan fingerprint density at radius 1 is 1.11 bits per heavy atom. The molecule has 0 saturated carbocycles. The van der Waals surface area contributed by atoms with Crippen molar-refractivity contribution in [3.63, 3.8) is 0 Å². The third-order valence-electron chi connectivity index (χ3n) is 3.32. The monoisotopic (exact) mass is 272 g/mol. The number of aryl methyl sites for hydroxylation is 2. The van der Waals surface area contributed by atoms with Crippen LogP contribution in [0.5, 0.6) is 5.75 Å². The number of phenolic OH excluding ortho intramolecular Hbond substituents is 1. The molecule has 2 N–H and O–H groups in total. The predicted molar refractivity (Wildman–Crippen MR) is 77.7 cm³/mol. The molecule has 1 heterocycles. The number of halogens is 1. The summed E-state index contributed by atoms with van der Waals surface area (Å²) in [7, 11) is 0. The van der Waals surface area contributed by atoms with Gasteiger partial charge in [0.2, 0.25) is 0 Å². The number of rotatable bonds is 1. The zero-order chi connectivity index (χ0) is 13.6. The van der Waals surface area contributed by atoms with Crippen LogP contribution in [0.25, 0.3) is 22.4 Å². The summed E-state index contributed by atoms with van der Waals surface area (Å²) in [6.07, 6.45) is 0. The van der Waals surface area contributed by atoms with Gasteiger partial charge in [0, 0.05) is 5.56 Å².